The second kappa shape index (κ2) is 7.46. The number of rotatable bonds is 5. The highest BCUT2D eigenvalue weighted by Crippen LogP contribution is 2.43. The number of hydrogen-bond acceptors (Lipinski definition) is 4. The number of carbonyl (C=O) groups is 1. The molecule has 1 unspecified atom stereocenters. The molecule has 25 heavy (non-hydrogen) atoms. The molecule has 140 valence electrons. The molecular weight excluding hydrogens is 314 g/mol. The number of amides is 1. The van der Waals surface area contributed by atoms with Gasteiger partial charge in [-0.15, -0.1) is 0 Å². The second-order valence-electron chi connectivity index (χ2n) is 8.77. The lowest BCUT2D eigenvalue weighted by atomic mass is 9.67. The number of hydrogen-bond donors (Lipinski definition) is 0. The van der Waals surface area contributed by atoms with Crippen molar-refractivity contribution in [2.75, 3.05) is 13.1 Å². The minimum absolute atomic E-state index is 0.214. The Labute approximate surface area is 151 Å². The fourth-order valence-corrected chi connectivity index (χ4v) is 4.48. The van der Waals surface area contributed by atoms with E-state index in [-0.39, 0.29) is 5.92 Å². The fourth-order valence-electron chi connectivity index (χ4n) is 4.48. The summed E-state index contributed by atoms with van der Waals surface area (Å²) in [7, 11) is 0. The van der Waals surface area contributed by atoms with E-state index in [9.17, 15) is 4.79 Å². The lowest BCUT2D eigenvalue weighted by Crippen LogP contribution is -2.32. The monoisotopic (exact) mass is 347 g/mol. The number of aromatic nitrogens is 2. The molecular formula is C20H33N3O2. The predicted molar refractivity (Wildman–Crippen MR) is 97.1 cm³/mol. The first-order valence-corrected chi connectivity index (χ1v) is 9.97. The zero-order valence-electron chi connectivity index (χ0n) is 16.3. The summed E-state index contributed by atoms with van der Waals surface area (Å²) < 4.78 is 5.28. The maximum absolute atomic E-state index is 12.7. The van der Waals surface area contributed by atoms with Gasteiger partial charge in [0.15, 0.2) is 5.82 Å². The Morgan fingerprint density at radius 1 is 1.24 bits per heavy atom. The third-order valence-electron chi connectivity index (χ3n) is 6.76. The predicted octanol–water partition coefficient (Wildman–Crippen LogP) is 4.33. The van der Waals surface area contributed by atoms with Gasteiger partial charge >= 0.3 is 0 Å². The van der Waals surface area contributed by atoms with Gasteiger partial charge in [-0.05, 0) is 56.3 Å². The van der Waals surface area contributed by atoms with E-state index < -0.39 is 0 Å². The molecule has 1 aliphatic heterocycles. The topological polar surface area (TPSA) is 59.2 Å². The third kappa shape index (κ3) is 4.24. The van der Waals surface area contributed by atoms with Crippen molar-refractivity contribution < 1.29 is 9.32 Å². The Bertz CT molecular complexity index is 588. The fraction of sp³-hybridized carbons (Fsp3) is 0.850. The van der Waals surface area contributed by atoms with E-state index in [0.717, 1.165) is 31.8 Å². The van der Waals surface area contributed by atoms with Crippen molar-refractivity contribution in [3.63, 3.8) is 0 Å². The zero-order valence-corrected chi connectivity index (χ0v) is 16.3. The Morgan fingerprint density at radius 2 is 1.96 bits per heavy atom. The third-order valence-corrected chi connectivity index (χ3v) is 6.76. The van der Waals surface area contributed by atoms with Gasteiger partial charge in [0, 0.05) is 19.5 Å². The summed E-state index contributed by atoms with van der Waals surface area (Å²) in [5.41, 5.74) is 0.444. The van der Waals surface area contributed by atoms with Gasteiger partial charge in [0.1, 0.15) is 0 Å². The molecule has 0 N–H and O–H groups in total. The van der Waals surface area contributed by atoms with Gasteiger partial charge in [-0.25, -0.2) is 0 Å². The van der Waals surface area contributed by atoms with Crippen LogP contribution in [0.4, 0.5) is 0 Å². The molecule has 5 heteroatoms. The van der Waals surface area contributed by atoms with Crippen LogP contribution in [0.25, 0.3) is 0 Å². The van der Waals surface area contributed by atoms with Crippen LogP contribution in [0.5, 0.6) is 0 Å². The van der Waals surface area contributed by atoms with E-state index in [2.05, 4.69) is 30.9 Å². The maximum Gasteiger partial charge on any atom is 0.231 e. The lowest BCUT2D eigenvalue weighted by molar-refractivity contribution is -0.131. The normalized spacial score (nSPS) is 27.7. The molecule has 2 heterocycles. The molecule has 0 bridgehead atoms. The van der Waals surface area contributed by atoms with E-state index >= 15 is 0 Å². The van der Waals surface area contributed by atoms with E-state index in [4.69, 9.17) is 4.52 Å². The molecule has 1 aromatic heterocycles. The van der Waals surface area contributed by atoms with Crippen molar-refractivity contribution in [3.05, 3.63) is 11.7 Å². The summed E-state index contributed by atoms with van der Waals surface area (Å²) in [6.07, 6.45) is 7.87. The van der Waals surface area contributed by atoms with Crippen LogP contribution in [0.3, 0.4) is 0 Å². The van der Waals surface area contributed by atoms with Crippen LogP contribution in [0, 0.1) is 24.2 Å². The number of carbonyl (C=O) groups excluding carboxylic acids is 1. The zero-order chi connectivity index (χ0) is 18.0. The minimum atomic E-state index is 0.214. The van der Waals surface area contributed by atoms with E-state index in [1.54, 1.807) is 0 Å². The molecule has 2 aliphatic rings. The Kier molecular flexibility index (Phi) is 5.49. The molecule has 2 fully saturated rings. The Hall–Kier alpha value is -1.39. The van der Waals surface area contributed by atoms with Crippen molar-refractivity contribution in [2.24, 2.45) is 17.3 Å². The molecule has 3 rings (SSSR count). The standard InChI is InChI=1S/C20H33N3O2/c1-5-20(3,4)17-8-6-15(7-9-17)12-18(24)23-11-10-16(13-23)19-21-14(2)22-25-19/h15-17H,5-13H2,1-4H3. The summed E-state index contributed by atoms with van der Waals surface area (Å²) in [5, 5.41) is 3.87. The Morgan fingerprint density at radius 3 is 2.56 bits per heavy atom. The van der Waals surface area contributed by atoms with E-state index in [1.165, 1.54) is 32.1 Å². The average molecular weight is 348 g/mol. The average Bonchev–Trinajstić information content (AvgIpc) is 3.24. The van der Waals surface area contributed by atoms with Crippen molar-refractivity contribution in [3.8, 4) is 0 Å². The molecule has 1 saturated carbocycles. The number of nitrogens with zero attached hydrogens (tertiary/aromatic N) is 3. The van der Waals surface area contributed by atoms with E-state index in [1.807, 2.05) is 11.8 Å². The van der Waals surface area contributed by atoms with Gasteiger partial charge in [-0.1, -0.05) is 32.3 Å². The highest BCUT2D eigenvalue weighted by atomic mass is 16.5. The highest BCUT2D eigenvalue weighted by Gasteiger charge is 2.35. The van der Waals surface area contributed by atoms with Gasteiger partial charge < -0.3 is 9.42 Å². The first-order valence-electron chi connectivity index (χ1n) is 9.97. The largest absolute Gasteiger partial charge is 0.342 e. The molecule has 1 aromatic rings. The van der Waals surface area contributed by atoms with Crippen LogP contribution < -0.4 is 0 Å². The summed E-state index contributed by atoms with van der Waals surface area (Å²) in [4.78, 5) is 19.0. The van der Waals surface area contributed by atoms with Crippen molar-refractivity contribution in [1.82, 2.24) is 15.0 Å². The highest BCUT2D eigenvalue weighted by molar-refractivity contribution is 5.76. The van der Waals surface area contributed by atoms with Crippen molar-refractivity contribution in [2.45, 2.75) is 78.6 Å². The molecule has 1 saturated heterocycles. The van der Waals surface area contributed by atoms with Gasteiger partial charge in [-0.2, -0.15) is 4.98 Å². The van der Waals surface area contributed by atoms with Gasteiger partial charge in [-0.3, -0.25) is 4.79 Å². The van der Waals surface area contributed by atoms with Gasteiger partial charge in [0.25, 0.3) is 0 Å². The molecule has 1 atom stereocenters. The van der Waals surface area contributed by atoms with E-state index in [0.29, 0.717) is 29.0 Å². The summed E-state index contributed by atoms with van der Waals surface area (Å²) in [6, 6.07) is 0. The minimum Gasteiger partial charge on any atom is -0.342 e. The molecule has 0 radical (unpaired) electrons. The van der Waals surface area contributed by atoms with Crippen molar-refractivity contribution in [1.29, 1.82) is 0 Å². The van der Waals surface area contributed by atoms with Crippen LogP contribution in [0.1, 0.15) is 83.3 Å². The van der Waals surface area contributed by atoms with Crippen molar-refractivity contribution >= 4 is 5.91 Å². The van der Waals surface area contributed by atoms with Gasteiger partial charge in [0.05, 0.1) is 5.92 Å². The maximum atomic E-state index is 12.7. The first kappa shape index (κ1) is 18.4. The second-order valence-corrected chi connectivity index (χ2v) is 8.77. The van der Waals surface area contributed by atoms with Crippen LogP contribution in [-0.4, -0.2) is 34.0 Å². The number of aryl methyl sites for hydroxylation is 1. The summed E-state index contributed by atoms with van der Waals surface area (Å²) in [6.45, 7) is 10.5. The molecule has 1 amide bonds. The quantitative estimate of drug-likeness (QED) is 0.795. The number of likely N-dealkylation sites (tertiary alicyclic amines) is 1. The molecule has 0 spiro atoms. The van der Waals surface area contributed by atoms with Crippen LogP contribution >= 0.6 is 0 Å². The van der Waals surface area contributed by atoms with Crippen LogP contribution in [-0.2, 0) is 4.79 Å². The van der Waals surface area contributed by atoms with Gasteiger partial charge in [0.2, 0.25) is 11.8 Å². The molecule has 1 aliphatic carbocycles. The summed E-state index contributed by atoms with van der Waals surface area (Å²) >= 11 is 0. The smallest absolute Gasteiger partial charge is 0.231 e. The summed E-state index contributed by atoms with van der Waals surface area (Å²) in [5.74, 6) is 3.28. The van der Waals surface area contributed by atoms with Crippen LogP contribution in [0.2, 0.25) is 0 Å². The Balaban J connectivity index is 1.46. The first-order chi connectivity index (χ1) is 11.9. The lowest BCUT2D eigenvalue weighted by Gasteiger charge is -2.39. The molecule has 0 aromatic carbocycles. The molecule has 5 nitrogen and oxygen atoms in total. The SMILES string of the molecule is CCC(C)(C)C1CCC(CC(=O)N2CCC(c3nc(C)no3)C2)CC1. The van der Waals surface area contributed by atoms with Crippen LogP contribution in [0.15, 0.2) is 4.52 Å².